The van der Waals surface area contributed by atoms with Crippen molar-refractivity contribution in [1.82, 2.24) is 4.57 Å². The Kier molecular flexibility index (Phi) is 7.85. The van der Waals surface area contributed by atoms with Crippen LogP contribution in [0, 0.1) is 0 Å². The molecule has 2 nitrogen and oxygen atoms in total. The number of hydrogen-bond donors (Lipinski definition) is 0. The summed E-state index contributed by atoms with van der Waals surface area (Å²) in [6, 6.07) is 89.5. The van der Waals surface area contributed by atoms with Crippen LogP contribution in [0.4, 0.5) is 17.1 Å². The summed E-state index contributed by atoms with van der Waals surface area (Å²) in [4.78, 5) is 2.44. The van der Waals surface area contributed by atoms with E-state index in [2.05, 4.69) is 252 Å². The van der Waals surface area contributed by atoms with Crippen LogP contribution in [-0.2, 0) is 5.41 Å². The van der Waals surface area contributed by atoms with E-state index in [-0.39, 0.29) is 0 Å². The van der Waals surface area contributed by atoms with Crippen LogP contribution < -0.4 is 4.90 Å². The number of nitrogens with zero attached hydrogens (tertiary/aromatic N) is 2. The van der Waals surface area contributed by atoms with Gasteiger partial charge in [0, 0.05) is 27.8 Å². The molecule has 1 aliphatic carbocycles. The van der Waals surface area contributed by atoms with Crippen LogP contribution in [-0.4, -0.2) is 4.57 Å². The summed E-state index contributed by atoms with van der Waals surface area (Å²) in [6.07, 6.45) is 0. The van der Waals surface area contributed by atoms with Gasteiger partial charge in [0.25, 0.3) is 0 Å². The smallest absolute Gasteiger partial charge is 0.0755 e. The van der Waals surface area contributed by atoms with Gasteiger partial charge in [-0.2, -0.15) is 0 Å². The quantitative estimate of drug-likeness (QED) is 0.163. The predicted molar refractivity (Wildman–Crippen MR) is 263 cm³/mol. The molecule has 0 fully saturated rings. The zero-order valence-electron chi connectivity index (χ0n) is 34.5. The first-order chi connectivity index (χ1) is 31.3. The van der Waals surface area contributed by atoms with E-state index in [0.717, 1.165) is 17.1 Å². The van der Waals surface area contributed by atoms with E-state index in [1.54, 1.807) is 0 Å². The van der Waals surface area contributed by atoms with Crippen molar-refractivity contribution in [3.63, 3.8) is 0 Å². The fraction of sp³-hybridized carbons (Fsp3) is 0.0164. The molecule has 13 rings (SSSR count). The first kappa shape index (κ1) is 35.5. The highest BCUT2D eigenvalue weighted by molar-refractivity contribution is 6.13. The van der Waals surface area contributed by atoms with Crippen LogP contribution in [0.5, 0.6) is 0 Å². The Balaban J connectivity index is 1.04. The maximum absolute atomic E-state index is 2.52. The second-order valence-corrected chi connectivity index (χ2v) is 16.8. The molecule has 2 heterocycles. The summed E-state index contributed by atoms with van der Waals surface area (Å²) in [7, 11) is 0. The lowest BCUT2D eigenvalue weighted by Crippen LogP contribution is -2.33. The van der Waals surface area contributed by atoms with E-state index in [1.807, 2.05) is 0 Å². The molecule has 294 valence electrons. The lowest BCUT2D eigenvalue weighted by Gasteiger charge is -2.40. The van der Waals surface area contributed by atoms with Gasteiger partial charge in [-0.25, -0.2) is 0 Å². The Morgan fingerprint density at radius 3 is 1.52 bits per heavy atom. The average Bonchev–Trinajstić information content (AvgIpc) is 3.85. The van der Waals surface area contributed by atoms with Crippen molar-refractivity contribution < 1.29 is 0 Å². The minimum atomic E-state index is -0.545. The van der Waals surface area contributed by atoms with Gasteiger partial charge in [0.05, 0.1) is 22.1 Å². The maximum atomic E-state index is 2.52. The molecule has 1 unspecified atom stereocenters. The van der Waals surface area contributed by atoms with Gasteiger partial charge in [-0.1, -0.05) is 194 Å². The van der Waals surface area contributed by atoms with Crippen LogP contribution >= 0.6 is 0 Å². The Morgan fingerprint density at radius 1 is 0.302 bits per heavy atom. The Bertz CT molecular complexity index is 3550. The van der Waals surface area contributed by atoms with E-state index >= 15 is 0 Å². The third kappa shape index (κ3) is 5.19. The zero-order chi connectivity index (χ0) is 41.5. The SMILES string of the molecule is c1ccc(-c2ccc(N(c3ccc(-c4ccccc4-c4ccccc4)cc3)c3ccc4c(c3)C3(c5ccccc5-4)c4ccccc4-n4c5ccccc5c5cccc3c54)cc2)cc1. The molecule has 63 heavy (non-hydrogen) atoms. The highest BCUT2D eigenvalue weighted by atomic mass is 15.1. The average molecular weight is 801 g/mol. The molecule has 0 bridgehead atoms. The minimum absolute atomic E-state index is 0.545. The first-order valence-electron chi connectivity index (χ1n) is 21.8. The minimum Gasteiger partial charge on any atom is -0.310 e. The van der Waals surface area contributed by atoms with Gasteiger partial charge in [-0.05, 0) is 115 Å². The predicted octanol–water partition coefficient (Wildman–Crippen LogP) is 15.9. The summed E-state index contributed by atoms with van der Waals surface area (Å²) in [5, 5.41) is 2.56. The Hall–Kier alpha value is -8.20. The van der Waals surface area contributed by atoms with Gasteiger partial charge >= 0.3 is 0 Å². The topological polar surface area (TPSA) is 8.17 Å². The number of benzene rings is 10. The molecule has 11 aromatic rings. The monoisotopic (exact) mass is 800 g/mol. The van der Waals surface area contributed by atoms with Crippen molar-refractivity contribution in [3.8, 4) is 50.2 Å². The van der Waals surface area contributed by atoms with Crippen molar-refractivity contribution >= 4 is 38.9 Å². The van der Waals surface area contributed by atoms with Gasteiger partial charge < -0.3 is 9.47 Å². The number of hydrogen-bond acceptors (Lipinski definition) is 1. The summed E-state index contributed by atoms with van der Waals surface area (Å²) < 4.78 is 2.52. The van der Waals surface area contributed by atoms with Crippen molar-refractivity contribution in [3.05, 3.63) is 265 Å². The Morgan fingerprint density at radius 2 is 0.794 bits per heavy atom. The van der Waals surface area contributed by atoms with Crippen molar-refractivity contribution in [1.29, 1.82) is 0 Å². The molecule has 10 aromatic carbocycles. The molecule has 0 amide bonds. The van der Waals surface area contributed by atoms with Gasteiger partial charge in [-0.15, -0.1) is 0 Å². The van der Waals surface area contributed by atoms with E-state index in [4.69, 9.17) is 0 Å². The number of fused-ring (bicyclic) bond motifs is 12. The molecule has 0 saturated heterocycles. The number of para-hydroxylation sites is 3. The molecular weight excluding hydrogens is 761 g/mol. The lowest BCUT2D eigenvalue weighted by molar-refractivity contribution is 0.748. The number of rotatable bonds is 6. The Labute approximate surface area is 367 Å². The molecule has 1 atom stereocenters. The maximum Gasteiger partial charge on any atom is 0.0755 e. The highest BCUT2D eigenvalue weighted by Crippen LogP contribution is 2.61. The van der Waals surface area contributed by atoms with E-state index in [9.17, 15) is 0 Å². The normalized spacial score (nSPS) is 14.4. The first-order valence-corrected chi connectivity index (χ1v) is 21.8. The van der Waals surface area contributed by atoms with Gasteiger partial charge in [0.2, 0.25) is 0 Å². The zero-order valence-corrected chi connectivity index (χ0v) is 34.5. The molecule has 1 spiro atoms. The van der Waals surface area contributed by atoms with Crippen LogP contribution in [0.3, 0.4) is 0 Å². The van der Waals surface area contributed by atoms with E-state index < -0.39 is 5.41 Å². The van der Waals surface area contributed by atoms with Crippen molar-refractivity contribution in [2.24, 2.45) is 0 Å². The third-order valence-electron chi connectivity index (χ3n) is 13.6. The second-order valence-electron chi connectivity index (χ2n) is 16.8. The van der Waals surface area contributed by atoms with Crippen LogP contribution in [0.25, 0.3) is 72.0 Å². The van der Waals surface area contributed by atoms with Crippen molar-refractivity contribution in [2.45, 2.75) is 5.41 Å². The van der Waals surface area contributed by atoms with Gasteiger partial charge in [-0.3, -0.25) is 0 Å². The second kappa shape index (κ2) is 13.9. The standard InChI is InChI=1S/C61H40N2/c1-3-16-41(17-4-1)42-30-34-45(35-31-42)62(46-36-32-44(33-37-46)49-21-8-7-20-48(49)43-18-5-2-6-19-43)47-38-39-51-50-22-9-11-25-54(50)61(57(51)40-47)55-26-12-14-29-59(55)63-58-28-13-10-23-52(58)53-24-15-27-56(61)60(53)63/h1-40H. The highest BCUT2D eigenvalue weighted by Gasteiger charge is 2.51. The molecule has 1 aromatic heterocycles. The van der Waals surface area contributed by atoms with Crippen LogP contribution in [0.1, 0.15) is 22.3 Å². The van der Waals surface area contributed by atoms with Crippen LogP contribution in [0.15, 0.2) is 243 Å². The lowest BCUT2D eigenvalue weighted by atomic mass is 9.65. The third-order valence-corrected chi connectivity index (χ3v) is 13.6. The fourth-order valence-electron chi connectivity index (χ4n) is 11.0. The largest absolute Gasteiger partial charge is 0.310 e. The molecular formula is C61H40N2. The van der Waals surface area contributed by atoms with Crippen molar-refractivity contribution in [2.75, 3.05) is 4.90 Å². The fourth-order valence-corrected chi connectivity index (χ4v) is 11.0. The summed E-state index contributed by atoms with van der Waals surface area (Å²) in [5.41, 5.74) is 21.6. The molecule has 0 N–H and O–H groups in total. The van der Waals surface area contributed by atoms with E-state index in [0.29, 0.717) is 0 Å². The molecule has 2 aliphatic rings. The number of aromatic nitrogens is 1. The van der Waals surface area contributed by atoms with Crippen LogP contribution in [0.2, 0.25) is 0 Å². The summed E-state index contributed by atoms with van der Waals surface area (Å²) in [5.74, 6) is 0. The van der Waals surface area contributed by atoms with Gasteiger partial charge in [0.15, 0.2) is 0 Å². The molecule has 2 heteroatoms. The molecule has 0 saturated carbocycles. The molecule has 1 aliphatic heterocycles. The van der Waals surface area contributed by atoms with E-state index in [1.165, 1.54) is 94.3 Å². The summed E-state index contributed by atoms with van der Waals surface area (Å²) >= 11 is 0. The number of anilines is 3. The molecule has 0 radical (unpaired) electrons. The van der Waals surface area contributed by atoms with Gasteiger partial charge in [0.1, 0.15) is 0 Å². The summed E-state index contributed by atoms with van der Waals surface area (Å²) in [6.45, 7) is 0.